The van der Waals surface area contributed by atoms with Crippen molar-refractivity contribution in [2.75, 3.05) is 0 Å². The standard InChI is InChI=1S/C21H38O4/c1-16(2)12-8-6-5-7-9-13-20(18(22)23)14-10-11-15-21(20,17(3)4)19(24)25/h16-17H,5-15H2,1-4H3,(H,22,23)(H,24,25). The number of carboxylic acid groups (broad SMARTS) is 2. The van der Waals surface area contributed by atoms with Crippen molar-refractivity contribution in [3.63, 3.8) is 0 Å². The van der Waals surface area contributed by atoms with Gasteiger partial charge in [0.2, 0.25) is 0 Å². The summed E-state index contributed by atoms with van der Waals surface area (Å²) in [6.45, 7) is 8.22. The zero-order valence-corrected chi connectivity index (χ0v) is 16.6. The molecule has 0 aromatic heterocycles. The summed E-state index contributed by atoms with van der Waals surface area (Å²) in [6, 6.07) is 0. The molecule has 0 saturated heterocycles. The number of unbranched alkanes of at least 4 members (excludes halogenated alkanes) is 4. The minimum atomic E-state index is -1.13. The van der Waals surface area contributed by atoms with Crippen LogP contribution in [0.5, 0.6) is 0 Å². The highest BCUT2D eigenvalue weighted by Crippen LogP contribution is 2.58. The molecule has 0 aromatic rings. The molecule has 0 aromatic carbocycles. The van der Waals surface area contributed by atoms with E-state index >= 15 is 0 Å². The summed E-state index contributed by atoms with van der Waals surface area (Å²) in [6.07, 6.45) is 9.71. The van der Waals surface area contributed by atoms with Crippen molar-refractivity contribution in [3.8, 4) is 0 Å². The Balaban J connectivity index is 2.77. The number of carbonyl (C=O) groups is 2. The third-order valence-electron chi connectivity index (χ3n) is 6.44. The third-order valence-corrected chi connectivity index (χ3v) is 6.44. The van der Waals surface area contributed by atoms with E-state index in [-0.39, 0.29) is 5.92 Å². The van der Waals surface area contributed by atoms with Gasteiger partial charge < -0.3 is 10.2 Å². The second-order valence-corrected chi connectivity index (χ2v) is 8.73. The Hall–Kier alpha value is -1.06. The van der Waals surface area contributed by atoms with Crippen molar-refractivity contribution in [2.24, 2.45) is 22.7 Å². The molecule has 0 bridgehead atoms. The first-order valence-electron chi connectivity index (χ1n) is 10.2. The lowest BCUT2D eigenvalue weighted by molar-refractivity contribution is -0.187. The number of hydrogen-bond acceptors (Lipinski definition) is 2. The van der Waals surface area contributed by atoms with Crippen molar-refractivity contribution in [2.45, 2.75) is 98.3 Å². The molecule has 2 atom stereocenters. The van der Waals surface area contributed by atoms with E-state index in [0.717, 1.165) is 38.0 Å². The van der Waals surface area contributed by atoms with E-state index in [1.807, 2.05) is 13.8 Å². The summed E-state index contributed by atoms with van der Waals surface area (Å²) < 4.78 is 0. The van der Waals surface area contributed by atoms with Crippen LogP contribution in [0.3, 0.4) is 0 Å². The molecule has 0 radical (unpaired) electrons. The molecule has 0 aliphatic heterocycles. The first-order valence-corrected chi connectivity index (χ1v) is 10.2. The molecular formula is C21H38O4. The number of rotatable bonds is 11. The van der Waals surface area contributed by atoms with Crippen molar-refractivity contribution in [1.29, 1.82) is 0 Å². The van der Waals surface area contributed by atoms with Crippen LogP contribution in [0.2, 0.25) is 0 Å². The molecule has 2 N–H and O–H groups in total. The Morgan fingerprint density at radius 3 is 1.92 bits per heavy atom. The van der Waals surface area contributed by atoms with Gasteiger partial charge in [-0.05, 0) is 31.1 Å². The van der Waals surface area contributed by atoms with Gasteiger partial charge in [-0.2, -0.15) is 0 Å². The fraction of sp³-hybridized carbons (Fsp3) is 0.905. The SMILES string of the molecule is CC(C)CCCCCCCC1(C(=O)O)CCCCC1(C(=O)O)C(C)C. The summed E-state index contributed by atoms with van der Waals surface area (Å²) in [5.41, 5.74) is -2.24. The summed E-state index contributed by atoms with van der Waals surface area (Å²) in [5.74, 6) is -1.25. The summed E-state index contributed by atoms with van der Waals surface area (Å²) in [4.78, 5) is 24.5. The molecule has 1 fully saturated rings. The monoisotopic (exact) mass is 354 g/mol. The topological polar surface area (TPSA) is 74.6 Å². The zero-order valence-electron chi connectivity index (χ0n) is 16.6. The van der Waals surface area contributed by atoms with Gasteiger partial charge in [0.05, 0.1) is 10.8 Å². The molecule has 4 heteroatoms. The van der Waals surface area contributed by atoms with Crippen molar-refractivity contribution in [1.82, 2.24) is 0 Å². The lowest BCUT2D eigenvalue weighted by atomic mass is 9.50. The van der Waals surface area contributed by atoms with E-state index in [4.69, 9.17) is 0 Å². The summed E-state index contributed by atoms with van der Waals surface area (Å²) in [5, 5.41) is 20.1. The van der Waals surface area contributed by atoms with Crippen molar-refractivity contribution >= 4 is 11.9 Å². The number of aliphatic carboxylic acids is 2. The van der Waals surface area contributed by atoms with Gasteiger partial charge in [-0.25, -0.2) is 0 Å². The Morgan fingerprint density at radius 2 is 1.40 bits per heavy atom. The van der Waals surface area contributed by atoms with E-state index in [1.54, 1.807) is 0 Å². The molecule has 0 heterocycles. The highest BCUT2D eigenvalue weighted by molar-refractivity contribution is 5.87. The fourth-order valence-electron chi connectivity index (χ4n) is 4.96. The van der Waals surface area contributed by atoms with E-state index in [0.29, 0.717) is 19.3 Å². The average Bonchev–Trinajstić information content (AvgIpc) is 2.53. The highest BCUT2D eigenvalue weighted by Gasteiger charge is 2.63. The van der Waals surface area contributed by atoms with Crippen LogP contribution < -0.4 is 0 Å². The third kappa shape index (κ3) is 4.77. The first-order chi connectivity index (χ1) is 11.7. The van der Waals surface area contributed by atoms with Gasteiger partial charge >= 0.3 is 11.9 Å². The molecule has 1 rings (SSSR count). The van der Waals surface area contributed by atoms with E-state index in [2.05, 4.69) is 13.8 Å². The molecular weight excluding hydrogens is 316 g/mol. The van der Waals surface area contributed by atoms with Gasteiger partial charge in [-0.3, -0.25) is 9.59 Å². The van der Waals surface area contributed by atoms with Crippen molar-refractivity contribution < 1.29 is 19.8 Å². The highest BCUT2D eigenvalue weighted by atomic mass is 16.4. The Morgan fingerprint density at radius 1 is 0.840 bits per heavy atom. The van der Waals surface area contributed by atoms with E-state index in [1.165, 1.54) is 19.3 Å². The molecule has 1 aliphatic rings. The number of hydrogen-bond donors (Lipinski definition) is 2. The van der Waals surface area contributed by atoms with Crippen LogP contribution >= 0.6 is 0 Å². The maximum atomic E-state index is 12.3. The van der Waals surface area contributed by atoms with Crippen LogP contribution in [0, 0.1) is 22.7 Å². The summed E-state index contributed by atoms with van der Waals surface area (Å²) in [7, 11) is 0. The maximum Gasteiger partial charge on any atom is 0.311 e. The molecule has 25 heavy (non-hydrogen) atoms. The average molecular weight is 355 g/mol. The Labute approximate surface area is 153 Å². The first kappa shape index (κ1) is 22.0. The maximum absolute atomic E-state index is 12.3. The lowest BCUT2D eigenvalue weighted by Crippen LogP contribution is -2.57. The largest absolute Gasteiger partial charge is 0.481 e. The van der Waals surface area contributed by atoms with Gasteiger partial charge in [0.1, 0.15) is 0 Å². The minimum absolute atomic E-state index is 0.174. The molecule has 0 spiro atoms. The smallest absolute Gasteiger partial charge is 0.311 e. The predicted octanol–water partition coefficient (Wildman–Crippen LogP) is 5.75. The van der Waals surface area contributed by atoms with Crippen LogP contribution in [-0.2, 0) is 9.59 Å². The molecule has 0 amide bonds. The Bertz CT molecular complexity index is 443. The molecule has 1 saturated carbocycles. The van der Waals surface area contributed by atoms with Crippen molar-refractivity contribution in [3.05, 3.63) is 0 Å². The molecule has 146 valence electrons. The molecule has 1 aliphatic carbocycles. The summed E-state index contributed by atoms with van der Waals surface area (Å²) >= 11 is 0. The second-order valence-electron chi connectivity index (χ2n) is 8.73. The fourth-order valence-corrected chi connectivity index (χ4v) is 4.96. The Kier molecular flexibility index (Phi) is 8.43. The van der Waals surface area contributed by atoms with E-state index < -0.39 is 22.8 Å². The minimum Gasteiger partial charge on any atom is -0.481 e. The normalized spacial score (nSPS) is 27.0. The van der Waals surface area contributed by atoms with Crippen LogP contribution in [0.1, 0.15) is 98.3 Å². The van der Waals surface area contributed by atoms with Gasteiger partial charge in [0.15, 0.2) is 0 Å². The quantitative estimate of drug-likeness (QED) is 0.464. The van der Waals surface area contributed by atoms with E-state index in [9.17, 15) is 19.8 Å². The second kappa shape index (κ2) is 9.59. The van der Waals surface area contributed by atoms with Crippen LogP contribution in [0.15, 0.2) is 0 Å². The molecule has 4 nitrogen and oxygen atoms in total. The number of carboxylic acids is 2. The molecule has 2 unspecified atom stereocenters. The predicted molar refractivity (Wildman–Crippen MR) is 101 cm³/mol. The zero-order chi connectivity index (χ0) is 19.1. The lowest BCUT2D eigenvalue weighted by Gasteiger charge is -2.51. The van der Waals surface area contributed by atoms with Gasteiger partial charge in [0.25, 0.3) is 0 Å². The van der Waals surface area contributed by atoms with Crippen LogP contribution in [-0.4, -0.2) is 22.2 Å². The van der Waals surface area contributed by atoms with Gasteiger partial charge in [0, 0.05) is 0 Å². The van der Waals surface area contributed by atoms with Crippen LogP contribution in [0.4, 0.5) is 0 Å². The van der Waals surface area contributed by atoms with Gasteiger partial charge in [-0.1, -0.05) is 79.1 Å². The van der Waals surface area contributed by atoms with Crippen LogP contribution in [0.25, 0.3) is 0 Å². The van der Waals surface area contributed by atoms with Gasteiger partial charge in [-0.15, -0.1) is 0 Å².